The van der Waals surface area contributed by atoms with Gasteiger partial charge in [-0.05, 0) is 18.6 Å². The second kappa shape index (κ2) is 9.23. The number of benzene rings is 1. The molecule has 0 spiro atoms. The number of nitrogens with two attached hydrogens (primary N) is 1. The normalized spacial score (nSPS) is 10.3. The molecule has 1 amide bonds. The minimum Gasteiger partial charge on any atom is -0.493 e. The van der Waals surface area contributed by atoms with Crippen molar-refractivity contribution >= 4 is 11.6 Å². The summed E-state index contributed by atoms with van der Waals surface area (Å²) in [6.45, 7) is 2.84. The van der Waals surface area contributed by atoms with E-state index in [0.717, 1.165) is 12.8 Å². The minimum absolute atomic E-state index is 0.150. The summed E-state index contributed by atoms with van der Waals surface area (Å²) in [6.07, 6.45) is 7.27. The van der Waals surface area contributed by atoms with Gasteiger partial charge in [-0.1, -0.05) is 39.0 Å². The van der Waals surface area contributed by atoms with E-state index in [9.17, 15) is 4.79 Å². The number of anilines is 1. The highest BCUT2D eigenvalue weighted by Gasteiger charge is 2.11. The van der Waals surface area contributed by atoms with Crippen LogP contribution in [0.15, 0.2) is 18.2 Å². The summed E-state index contributed by atoms with van der Waals surface area (Å²) in [6, 6.07) is 5.12. The monoisotopic (exact) mass is 278 g/mol. The van der Waals surface area contributed by atoms with Gasteiger partial charge < -0.3 is 15.8 Å². The number of amides is 1. The Labute approximate surface area is 121 Å². The molecule has 0 aliphatic heterocycles. The zero-order valence-electron chi connectivity index (χ0n) is 12.6. The Kier molecular flexibility index (Phi) is 7.55. The molecule has 112 valence electrons. The lowest BCUT2D eigenvalue weighted by atomic mass is 10.1. The van der Waals surface area contributed by atoms with Gasteiger partial charge in [-0.3, -0.25) is 4.79 Å². The average molecular weight is 278 g/mol. The first-order valence-electron chi connectivity index (χ1n) is 7.43. The number of unbranched alkanes of at least 4 members (excludes halogenated alkanes) is 5. The molecule has 0 atom stereocenters. The van der Waals surface area contributed by atoms with Gasteiger partial charge in [-0.15, -0.1) is 0 Å². The molecule has 0 bridgehead atoms. The van der Waals surface area contributed by atoms with Crippen molar-refractivity contribution < 1.29 is 9.53 Å². The number of hydrogen-bond donors (Lipinski definition) is 2. The summed E-state index contributed by atoms with van der Waals surface area (Å²) in [5.41, 5.74) is 6.88. The van der Waals surface area contributed by atoms with E-state index in [0.29, 0.717) is 23.6 Å². The fourth-order valence-corrected chi connectivity index (χ4v) is 2.05. The fourth-order valence-electron chi connectivity index (χ4n) is 2.05. The maximum absolute atomic E-state index is 11.7. The van der Waals surface area contributed by atoms with Crippen LogP contribution in [-0.2, 0) is 0 Å². The van der Waals surface area contributed by atoms with Gasteiger partial charge in [0.2, 0.25) is 0 Å². The highest BCUT2D eigenvalue weighted by atomic mass is 16.5. The summed E-state index contributed by atoms with van der Waals surface area (Å²) < 4.78 is 5.71. The second-order valence-electron chi connectivity index (χ2n) is 4.95. The average Bonchev–Trinajstić information content (AvgIpc) is 2.45. The molecule has 3 N–H and O–H groups in total. The Hall–Kier alpha value is -1.71. The Morgan fingerprint density at radius 1 is 1.20 bits per heavy atom. The molecule has 4 heteroatoms. The lowest BCUT2D eigenvalue weighted by molar-refractivity contribution is 0.0959. The van der Waals surface area contributed by atoms with Crippen LogP contribution < -0.4 is 15.8 Å². The van der Waals surface area contributed by atoms with Crippen molar-refractivity contribution in [2.75, 3.05) is 19.4 Å². The summed E-state index contributed by atoms with van der Waals surface area (Å²) >= 11 is 0. The van der Waals surface area contributed by atoms with E-state index in [1.165, 1.54) is 25.7 Å². The van der Waals surface area contributed by atoms with E-state index in [4.69, 9.17) is 10.5 Å². The molecule has 0 saturated heterocycles. The van der Waals surface area contributed by atoms with Gasteiger partial charge in [0.1, 0.15) is 5.75 Å². The molecule has 0 aliphatic rings. The van der Waals surface area contributed by atoms with Crippen LogP contribution in [0.1, 0.15) is 55.8 Å². The summed E-state index contributed by atoms with van der Waals surface area (Å²) in [7, 11) is 1.61. The smallest absolute Gasteiger partial charge is 0.254 e. The first kappa shape index (κ1) is 16.3. The minimum atomic E-state index is -0.150. The first-order valence-corrected chi connectivity index (χ1v) is 7.43. The molecule has 20 heavy (non-hydrogen) atoms. The van der Waals surface area contributed by atoms with Crippen molar-refractivity contribution in [1.82, 2.24) is 5.32 Å². The summed E-state index contributed by atoms with van der Waals surface area (Å²) in [5, 5.41) is 2.61. The molecule has 0 aliphatic carbocycles. The third-order valence-electron chi connectivity index (χ3n) is 3.23. The molecular formula is C16H26N2O2. The van der Waals surface area contributed by atoms with Gasteiger partial charge in [-0.2, -0.15) is 0 Å². The van der Waals surface area contributed by atoms with Crippen molar-refractivity contribution in [3.8, 4) is 5.75 Å². The number of rotatable bonds is 9. The van der Waals surface area contributed by atoms with Gasteiger partial charge >= 0.3 is 0 Å². The van der Waals surface area contributed by atoms with Crippen LogP contribution in [0.4, 0.5) is 5.69 Å². The van der Waals surface area contributed by atoms with Crippen LogP contribution >= 0.6 is 0 Å². The lowest BCUT2D eigenvalue weighted by Gasteiger charge is -2.11. The second-order valence-corrected chi connectivity index (χ2v) is 4.95. The molecule has 0 heterocycles. The first-order chi connectivity index (χ1) is 9.69. The standard InChI is InChI=1S/C16H26N2O2/c1-3-4-5-6-7-8-11-20-15-12-13(17)9-10-14(15)16(19)18-2/h9-10,12H,3-8,11,17H2,1-2H3,(H,18,19). The van der Waals surface area contributed by atoms with Gasteiger partial charge in [-0.25, -0.2) is 0 Å². The topological polar surface area (TPSA) is 64.3 Å². The van der Waals surface area contributed by atoms with Crippen LogP contribution in [0.25, 0.3) is 0 Å². The van der Waals surface area contributed by atoms with Crippen LogP contribution in [0.5, 0.6) is 5.75 Å². The third kappa shape index (κ3) is 5.51. The molecule has 1 aromatic carbocycles. The summed E-state index contributed by atoms with van der Waals surface area (Å²) in [4.78, 5) is 11.7. The Bertz CT molecular complexity index is 419. The highest BCUT2D eigenvalue weighted by molar-refractivity contribution is 5.97. The quantitative estimate of drug-likeness (QED) is 0.537. The van der Waals surface area contributed by atoms with Crippen LogP contribution in [-0.4, -0.2) is 19.6 Å². The lowest BCUT2D eigenvalue weighted by Crippen LogP contribution is -2.19. The number of nitrogen functional groups attached to an aromatic ring is 1. The number of carbonyl (C=O) groups excluding carboxylic acids is 1. The van der Waals surface area contributed by atoms with Gasteiger partial charge in [0.05, 0.1) is 12.2 Å². The molecule has 0 saturated carbocycles. The molecule has 0 radical (unpaired) electrons. The summed E-state index contributed by atoms with van der Waals surface area (Å²) in [5.74, 6) is 0.417. The maximum Gasteiger partial charge on any atom is 0.254 e. The van der Waals surface area contributed by atoms with Gasteiger partial charge in [0.25, 0.3) is 5.91 Å². The largest absolute Gasteiger partial charge is 0.493 e. The molecule has 1 aromatic rings. The van der Waals surface area contributed by atoms with E-state index >= 15 is 0 Å². The predicted octanol–water partition coefficient (Wildman–Crippen LogP) is 3.37. The SMILES string of the molecule is CCCCCCCCOc1cc(N)ccc1C(=O)NC. The van der Waals surface area contributed by atoms with Crippen molar-refractivity contribution in [2.45, 2.75) is 45.4 Å². The maximum atomic E-state index is 11.7. The third-order valence-corrected chi connectivity index (χ3v) is 3.23. The molecule has 0 aromatic heterocycles. The van der Waals surface area contributed by atoms with Crippen molar-refractivity contribution in [1.29, 1.82) is 0 Å². The van der Waals surface area contributed by atoms with Crippen LogP contribution in [0.3, 0.4) is 0 Å². The molecule has 4 nitrogen and oxygen atoms in total. The van der Waals surface area contributed by atoms with E-state index in [2.05, 4.69) is 12.2 Å². The van der Waals surface area contributed by atoms with E-state index in [1.807, 2.05) is 0 Å². The number of carbonyl (C=O) groups is 1. The van der Waals surface area contributed by atoms with E-state index in [-0.39, 0.29) is 5.91 Å². The van der Waals surface area contributed by atoms with Crippen LogP contribution in [0, 0.1) is 0 Å². The molecule has 0 fully saturated rings. The molecular weight excluding hydrogens is 252 g/mol. The van der Waals surface area contributed by atoms with E-state index in [1.54, 1.807) is 25.2 Å². The molecule has 1 rings (SSSR count). The molecule has 0 unspecified atom stereocenters. The number of hydrogen-bond acceptors (Lipinski definition) is 3. The fraction of sp³-hybridized carbons (Fsp3) is 0.562. The Balaban J connectivity index is 2.42. The van der Waals surface area contributed by atoms with Crippen LogP contribution in [0.2, 0.25) is 0 Å². The number of ether oxygens (including phenoxy) is 1. The predicted molar refractivity (Wildman–Crippen MR) is 83.1 cm³/mol. The van der Waals surface area contributed by atoms with Gasteiger partial charge in [0.15, 0.2) is 0 Å². The zero-order chi connectivity index (χ0) is 14.8. The Morgan fingerprint density at radius 3 is 2.60 bits per heavy atom. The van der Waals surface area contributed by atoms with Crippen molar-refractivity contribution in [2.24, 2.45) is 0 Å². The van der Waals surface area contributed by atoms with Crippen molar-refractivity contribution in [3.05, 3.63) is 23.8 Å². The number of nitrogens with one attached hydrogen (secondary N) is 1. The zero-order valence-corrected chi connectivity index (χ0v) is 12.6. The van der Waals surface area contributed by atoms with Crippen molar-refractivity contribution in [3.63, 3.8) is 0 Å². The van der Waals surface area contributed by atoms with E-state index < -0.39 is 0 Å². The Morgan fingerprint density at radius 2 is 1.90 bits per heavy atom. The highest BCUT2D eigenvalue weighted by Crippen LogP contribution is 2.22. The van der Waals surface area contributed by atoms with Gasteiger partial charge in [0, 0.05) is 18.8 Å².